The van der Waals surface area contributed by atoms with E-state index in [1.165, 1.54) is 126 Å². The molecule has 10 aromatic rings. The summed E-state index contributed by atoms with van der Waals surface area (Å²) in [5, 5.41) is 28.3. The molecule has 3 aromatic heterocycles. The summed E-state index contributed by atoms with van der Waals surface area (Å²) in [6.45, 7) is 17.3. The largest absolute Gasteiger partial charge is 0 e. The van der Waals surface area contributed by atoms with Gasteiger partial charge in [-0.05, 0) is 137 Å². The van der Waals surface area contributed by atoms with Gasteiger partial charge in [0.25, 0.3) is 0 Å². The molecular formula is C84H84Br2Cl5F7IN3Na2O20Zn2. The zero-order valence-electron chi connectivity index (χ0n) is 70.7. The SMILES string of the molecule is CC(C)[C@@H](CO)n1cc(C(=O)O)c(=O)c2cc(Cc3cccc(Cl)c3F)c(F)cc21.CCOC(=O)c1cn([C@H](COC(=O)OC)C(C)C)c2cc(F)c(Cc3cccc(Cl)c3F)cc2c1=O.CCOC(=O)c1cn([C@H](COC(=O)OC)C(C)C)c2cc(F)c(I)cc2c1=O.COC(=O)Cl.C[O-].Fc1c(Cl)cccc1CBr.[CH2-]c1cccc(Cl)c1F.[Na+].[Na+].[OH-].[Zn+][Br].[Zn]. The van der Waals surface area contributed by atoms with Gasteiger partial charge >= 0.3 is 125 Å². The number of nitrogens with zero attached hydrogens (tertiary/aromatic N) is 3. The average Bonchev–Trinajstić information content (AvgIpc) is 0.768. The number of carboxylic acids is 1. The number of aromatic carboxylic acids is 1. The second-order valence-corrected chi connectivity index (χ2v) is 29.9. The number of halogens is 15. The molecule has 7 aromatic carbocycles. The molecular weight excluding hydrogens is 2140 g/mol. The Kier molecular flexibility index (Phi) is 59.2. The van der Waals surface area contributed by atoms with Crippen LogP contribution in [0.1, 0.15) is 138 Å². The van der Waals surface area contributed by atoms with E-state index in [1.807, 2.05) is 41.5 Å². The molecule has 0 aliphatic rings. The van der Waals surface area contributed by atoms with Crippen LogP contribution in [0.4, 0.5) is 45.1 Å². The molecule has 42 heteroatoms. The van der Waals surface area contributed by atoms with Crippen molar-refractivity contribution in [1.82, 2.24) is 13.7 Å². The standard InChI is InChI=1S/C26H26ClF2NO6.C22H20ClF2NO4.C19H21FINO6.C7H5BrClF.C7H5ClF.C2H3ClO2.CH3O.BrH.2Na.H2O.2Zn/c1-5-35-25(32)18-12-30(22(14(2)3)13-36-26(33)34-4)21-11-20(28)16(10-17(21)24(18)31)9-15-7-6-8-19(27)23(15)29;1-11(2)19(10-27)26-9-15(22(29)30)21(28)14-7-13(17(24)8-18(14)26)6-12-4-3-5-16(23)20(12)25;1-5-27-18(24)12-8-22(16(10(2)3)9-28-19(25)26-4)15-7-13(20)14(21)6-11(15)17(12)23;8-4-5-2-1-3-6(9)7(5)10;1-5-3-2-4-6(8)7(5)9;1-5-2(3)4;1-2;;;;;;/h6-8,10-12,14,22H,5,9,13H2,1-4H3;3-5,7-9,11,19,27H,6,10H2,1-2H3,(H,29,30);6-8,10,16H,5,9H2,1-4H3;1-3H,4H2;2-4H,1H2;1H3;1H3;1H;;;1H2;;/q;;;;-1;;-1;;2*+1;;;+2/p-2/t22-;19-;16-;;;;;;;;;;/m111........../s1. The van der Waals surface area contributed by atoms with Crippen molar-refractivity contribution in [3.63, 3.8) is 0 Å². The minimum absolute atomic E-state index is 0. The first-order valence-corrected chi connectivity index (χ1v) is 47.1. The maximum Gasteiger partial charge on any atom is 0 e. The molecule has 0 aliphatic carbocycles. The van der Waals surface area contributed by atoms with Crippen molar-refractivity contribution in [3.8, 4) is 0 Å². The van der Waals surface area contributed by atoms with Crippen LogP contribution in [0.3, 0.4) is 0 Å². The number of carboxylic acid groups (broad SMARTS) is 1. The minimum atomic E-state index is -1.43. The van der Waals surface area contributed by atoms with Crippen LogP contribution in [0.15, 0.2) is 142 Å². The summed E-state index contributed by atoms with van der Waals surface area (Å²) in [5.74, 6) is -7.40. The van der Waals surface area contributed by atoms with Gasteiger partial charge in [0, 0.05) is 98.4 Å². The number of benzene rings is 7. The van der Waals surface area contributed by atoms with Crippen LogP contribution >= 0.6 is 110 Å². The zero-order valence-corrected chi connectivity index (χ0v) is 89.7. The van der Waals surface area contributed by atoms with Crippen LogP contribution in [0.5, 0.6) is 0 Å². The normalized spacial score (nSPS) is 10.9. The second-order valence-electron chi connectivity index (χ2n) is 26.2. The molecule has 3 heterocycles. The maximum absolute atomic E-state index is 15.3. The van der Waals surface area contributed by atoms with E-state index in [1.54, 1.807) is 71.3 Å². The average molecular weight is 2230 g/mol. The van der Waals surface area contributed by atoms with Gasteiger partial charge in [-0.2, -0.15) is 25.7 Å². The minimum Gasteiger partial charge on any atom is 0 e. The van der Waals surface area contributed by atoms with Crippen LogP contribution in [0.2, 0.25) is 20.1 Å². The molecule has 0 unspecified atom stereocenters. The van der Waals surface area contributed by atoms with E-state index in [-0.39, 0.29) is 238 Å². The third kappa shape index (κ3) is 34.8. The number of alkyl halides is 1. The van der Waals surface area contributed by atoms with Crippen molar-refractivity contribution in [2.75, 3.05) is 61.5 Å². The molecule has 3 N–H and O–H groups in total. The number of aromatic nitrogens is 3. The van der Waals surface area contributed by atoms with Gasteiger partial charge in [-0.15, -0.1) is 6.07 Å². The van der Waals surface area contributed by atoms with Crippen LogP contribution in [0, 0.1) is 69.0 Å². The number of ether oxygens (including phenoxy) is 7. The number of esters is 2. The summed E-state index contributed by atoms with van der Waals surface area (Å²) in [5.41, 5.74) is -1.76. The van der Waals surface area contributed by atoms with Gasteiger partial charge in [0.1, 0.15) is 64.8 Å². The summed E-state index contributed by atoms with van der Waals surface area (Å²) >= 11 is 36.3. The molecule has 666 valence electrons. The Labute approximate surface area is 842 Å². The fraction of sp³-hybridized carbons (Fsp3) is 0.310. The Hall–Kier alpha value is -5.76. The summed E-state index contributed by atoms with van der Waals surface area (Å²) in [4.78, 5) is 108. The maximum atomic E-state index is 15.3. The third-order valence-corrected chi connectivity index (χ3v) is 20.3. The first kappa shape index (κ1) is 122. The molecule has 0 aliphatic heterocycles. The number of hydrogen-bond donors (Lipinski definition) is 2. The quantitative estimate of drug-likeness (QED) is 0.00986. The van der Waals surface area contributed by atoms with Gasteiger partial charge in [-0.25, -0.2) is 55.1 Å². The number of carbonyl (C=O) groups excluding carboxylic acids is 5. The second kappa shape index (κ2) is 61.1. The van der Waals surface area contributed by atoms with Crippen molar-refractivity contribution in [2.24, 2.45) is 17.8 Å². The predicted molar refractivity (Wildman–Crippen MR) is 465 cm³/mol. The van der Waals surface area contributed by atoms with Gasteiger partial charge in [-0.1, -0.05) is 146 Å². The third-order valence-electron chi connectivity index (χ3n) is 17.5. The van der Waals surface area contributed by atoms with Crippen LogP contribution in [-0.4, -0.2) is 127 Å². The number of methoxy groups -OCH3 is 3. The number of pyridine rings is 3. The molecule has 0 radical (unpaired) electrons. The number of carbonyl (C=O) groups is 6. The van der Waals surface area contributed by atoms with Crippen molar-refractivity contribution < 1.29 is 208 Å². The molecule has 23 nitrogen and oxygen atoms in total. The van der Waals surface area contributed by atoms with E-state index in [9.17, 15) is 79.7 Å². The number of hydrogen-bond acceptors (Lipinski definition) is 19. The molecule has 0 amide bonds. The predicted octanol–water partition coefficient (Wildman–Crippen LogP) is 14.7. The van der Waals surface area contributed by atoms with Crippen LogP contribution in [-0.2, 0) is 87.2 Å². The number of aliphatic hydroxyl groups is 1. The van der Waals surface area contributed by atoms with E-state index < -0.39 is 111 Å². The molecule has 3 atom stereocenters. The van der Waals surface area contributed by atoms with Gasteiger partial charge < -0.3 is 67.7 Å². The zero-order chi connectivity index (χ0) is 92.4. The fourth-order valence-electron chi connectivity index (χ4n) is 11.3. The Balaban J connectivity index is 0. The topological polar surface area (TPSA) is 327 Å². The van der Waals surface area contributed by atoms with Crippen LogP contribution < -0.4 is 80.5 Å². The first-order chi connectivity index (χ1) is 57.7. The molecule has 0 saturated heterocycles. The monoisotopic (exact) mass is 2220 g/mol. The molecule has 10 rings (SSSR count). The summed E-state index contributed by atoms with van der Waals surface area (Å²) in [7, 11) is 4.33. The molecule has 0 spiro atoms. The Morgan fingerprint density at radius 2 is 0.810 bits per heavy atom. The molecule has 0 bridgehead atoms. The van der Waals surface area contributed by atoms with Gasteiger partial charge in [0.15, 0.2) is 0 Å². The van der Waals surface area contributed by atoms with Crippen LogP contribution in [0.25, 0.3) is 32.7 Å². The van der Waals surface area contributed by atoms with Crippen molar-refractivity contribution in [2.45, 2.75) is 91.7 Å². The first-order valence-electron chi connectivity index (χ1n) is 36.1. The molecule has 0 saturated carbocycles. The summed E-state index contributed by atoms with van der Waals surface area (Å²) in [6, 6.07) is 24.2. The number of rotatable bonds is 21. The van der Waals surface area contributed by atoms with Gasteiger partial charge in [0.05, 0.1) is 90.9 Å². The summed E-state index contributed by atoms with van der Waals surface area (Å²) in [6.07, 6.45) is 1.64. The van der Waals surface area contributed by atoms with E-state index in [4.69, 9.17) is 70.5 Å². The smallest absolute Gasteiger partial charge is 0 e. The molecule has 0 fully saturated rings. The van der Waals surface area contributed by atoms with Crippen molar-refractivity contribution >= 4 is 179 Å². The van der Waals surface area contributed by atoms with Gasteiger partial charge in [0.2, 0.25) is 16.3 Å². The Bertz CT molecular complexity index is 5510. The van der Waals surface area contributed by atoms with E-state index in [0.29, 0.717) is 22.0 Å². The molecule has 126 heavy (non-hydrogen) atoms. The number of fused-ring (bicyclic) bond motifs is 3. The van der Waals surface area contributed by atoms with E-state index in [2.05, 4.69) is 62.3 Å². The van der Waals surface area contributed by atoms with Crippen molar-refractivity contribution in [3.05, 3.63) is 280 Å². The van der Waals surface area contributed by atoms with Gasteiger partial charge in [-0.3, -0.25) is 18.8 Å². The Morgan fingerprint density at radius 1 is 0.500 bits per heavy atom. The Morgan fingerprint density at radius 3 is 1.11 bits per heavy atom. The van der Waals surface area contributed by atoms with E-state index >= 15 is 4.39 Å². The van der Waals surface area contributed by atoms with Crippen molar-refractivity contribution in [1.29, 1.82) is 0 Å². The number of aliphatic hydroxyl groups excluding tert-OH is 1. The summed E-state index contributed by atoms with van der Waals surface area (Å²) < 4.78 is 136. The van der Waals surface area contributed by atoms with E-state index in [0.717, 1.165) is 25.4 Å². The fourth-order valence-corrected chi connectivity index (χ4v) is 13.0.